The van der Waals surface area contributed by atoms with Crippen molar-refractivity contribution in [3.63, 3.8) is 0 Å². The van der Waals surface area contributed by atoms with E-state index in [0.29, 0.717) is 13.0 Å². The molecule has 0 aliphatic carbocycles. The minimum absolute atomic E-state index is 0.0745. The summed E-state index contributed by atoms with van der Waals surface area (Å²) in [6.07, 6.45) is -0.484. The molecule has 0 bridgehead atoms. The number of amides is 2. The number of hydrogen-bond donors (Lipinski definition) is 1. The number of rotatable bonds is 3. The Morgan fingerprint density at radius 3 is 2.38 bits per heavy atom. The first kappa shape index (κ1) is 21.0. The smallest absolute Gasteiger partial charge is 0.410 e. The fourth-order valence-electron chi connectivity index (χ4n) is 4.05. The highest BCUT2D eigenvalue weighted by Crippen LogP contribution is 2.44. The van der Waals surface area contributed by atoms with E-state index in [2.05, 4.69) is 0 Å². The molecular weight excluding hydrogens is 376 g/mol. The number of carbonyl (C=O) groups excluding carboxylic acids is 2. The minimum Gasteiger partial charge on any atom is -0.481 e. The third-order valence-electron chi connectivity index (χ3n) is 5.45. The van der Waals surface area contributed by atoms with Crippen molar-refractivity contribution in [2.75, 3.05) is 26.2 Å². The Morgan fingerprint density at radius 1 is 1.10 bits per heavy atom. The Morgan fingerprint density at radius 2 is 1.76 bits per heavy atom. The van der Waals surface area contributed by atoms with Gasteiger partial charge < -0.3 is 24.4 Å². The summed E-state index contributed by atoms with van der Waals surface area (Å²) in [5.41, 5.74) is -0.447. The average molecular weight is 404 g/mol. The predicted octanol–water partition coefficient (Wildman–Crippen LogP) is 2.97. The van der Waals surface area contributed by atoms with Gasteiger partial charge in [0.05, 0.1) is 5.92 Å². The summed E-state index contributed by atoms with van der Waals surface area (Å²) in [5, 5.41) is 9.74. The number of carboxylic acids is 1. The summed E-state index contributed by atoms with van der Waals surface area (Å²) in [6, 6.07) is 9.31. The number of ether oxygens (including phenoxy) is 2. The van der Waals surface area contributed by atoms with E-state index in [1.165, 1.54) is 4.90 Å². The molecule has 29 heavy (non-hydrogen) atoms. The maximum Gasteiger partial charge on any atom is 0.410 e. The molecule has 2 aliphatic heterocycles. The quantitative estimate of drug-likeness (QED) is 0.832. The molecule has 2 fully saturated rings. The van der Waals surface area contributed by atoms with Crippen molar-refractivity contribution in [1.82, 2.24) is 9.80 Å². The zero-order valence-electron chi connectivity index (χ0n) is 17.1. The van der Waals surface area contributed by atoms with Crippen molar-refractivity contribution >= 4 is 18.2 Å². The van der Waals surface area contributed by atoms with Crippen LogP contribution in [0.25, 0.3) is 0 Å². The van der Waals surface area contributed by atoms with Gasteiger partial charge in [0.1, 0.15) is 12.2 Å². The molecule has 3 rings (SSSR count). The zero-order chi connectivity index (χ0) is 21.2. The fraction of sp³-hybridized carbons (Fsp3) is 0.571. The van der Waals surface area contributed by atoms with E-state index in [4.69, 9.17) is 9.47 Å². The number of carboxylic acid groups (broad SMARTS) is 1. The molecule has 2 amide bonds. The van der Waals surface area contributed by atoms with Crippen molar-refractivity contribution < 1.29 is 29.0 Å². The summed E-state index contributed by atoms with van der Waals surface area (Å²) in [5.74, 6) is -1.71. The van der Waals surface area contributed by atoms with Crippen LogP contribution in [0.3, 0.4) is 0 Å². The van der Waals surface area contributed by atoms with Crippen LogP contribution in [0.2, 0.25) is 0 Å². The van der Waals surface area contributed by atoms with Crippen molar-refractivity contribution in [2.24, 2.45) is 11.3 Å². The highest BCUT2D eigenvalue weighted by Gasteiger charge is 2.56. The topological polar surface area (TPSA) is 96.4 Å². The second-order valence-corrected chi connectivity index (χ2v) is 8.83. The van der Waals surface area contributed by atoms with E-state index in [9.17, 15) is 19.5 Å². The van der Waals surface area contributed by atoms with Crippen LogP contribution in [0.4, 0.5) is 9.59 Å². The maximum atomic E-state index is 12.5. The molecule has 2 atom stereocenters. The van der Waals surface area contributed by atoms with Crippen molar-refractivity contribution in [3.05, 3.63) is 35.9 Å². The standard InChI is InChI=1S/C21H28N2O6/c1-20(2,3)29-19(27)22-10-9-21(13-22)14-23(11-16(21)17(24)25)18(26)28-12-15-7-5-4-6-8-15/h4-8,16H,9-14H2,1-3H3,(H,24,25)/t16-,21+/m0/s1. The van der Waals surface area contributed by atoms with E-state index in [-0.39, 0.29) is 26.2 Å². The van der Waals surface area contributed by atoms with Crippen molar-refractivity contribution in [1.29, 1.82) is 0 Å². The monoisotopic (exact) mass is 404 g/mol. The minimum atomic E-state index is -0.964. The zero-order valence-corrected chi connectivity index (χ0v) is 17.1. The van der Waals surface area contributed by atoms with Gasteiger partial charge in [-0.05, 0) is 32.8 Å². The molecule has 0 aromatic heterocycles. The maximum absolute atomic E-state index is 12.5. The highest BCUT2D eigenvalue weighted by molar-refractivity contribution is 5.76. The second kappa shape index (κ2) is 7.93. The van der Waals surface area contributed by atoms with Crippen LogP contribution in [-0.4, -0.2) is 64.8 Å². The molecule has 8 nitrogen and oxygen atoms in total. The van der Waals surface area contributed by atoms with E-state index in [0.717, 1.165) is 5.56 Å². The molecule has 0 unspecified atom stereocenters. The number of carbonyl (C=O) groups is 3. The van der Waals surface area contributed by atoms with Gasteiger partial charge in [-0.15, -0.1) is 0 Å². The van der Waals surface area contributed by atoms with Gasteiger partial charge in [-0.1, -0.05) is 30.3 Å². The van der Waals surface area contributed by atoms with Crippen LogP contribution in [0.5, 0.6) is 0 Å². The van der Waals surface area contributed by atoms with E-state index in [1.54, 1.807) is 25.7 Å². The van der Waals surface area contributed by atoms with Crippen LogP contribution >= 0.6 is 0 Å². The molecule has 1 aromatic rings. The summed E-state index contributed by atoms with van der Waals surface area (Å²) >= 11 is 0. The Labute approximate surface area is 170 Å². The summed E-state index contributed by atoms with van der Waals surface area (Å²) in [7, 11) is 0. The summed E-state index contributed by atoms with van der Waals surface area (Å²) < 4.78 is 10.8. The van der Waals surface area contributed by atoms with Gasteiger partial charge in [0, 0.05) is 31.6 Å². The third kappa shape index (κ3) is 4.81. The van der Waals surface area contributed by atoms with Crippen LogP contribution in [0.1, 0.15) is 32.8 Å². The first-order valence-corrected chi connectivity index (χ1v) is 9.76. The second-order valence-electron chi connectivity index (χ2n) is 8.83. The fourth-order valence-corrected chi connectivity index (χ4v) is 4.05. The normalized spacial score (nSPS) is 24.0. The molecule has 0 saturated carbocycles. The molecule has 0 radical (unpaired) electrons. The van der Waals surface area contributed by atoms with Gasteiger partial charge in [0.15, 0.2) is 0 Å². The number of benzene rings is 1. The van der Waals surface area contributed by atoms with Crippen LogP contribution in [0, 0.1) is 11.3 Å². The lowest BCUT2D eigenvalue weighted by atomic mass is 9.77. The lowest BCUT2D eigenvalue weighted by Gasteiger charge is -2.29. The Kier molecular flexibility index (Phi) is 5.73. The van der Waals surface area contributed by atoms with Gasteiger partial charge in [-0.3, -0.25) is 4.79 Å². The van der Waals surface area contributed by atoms with Gasteiger partial charge in [0.25, 0.3) is 0 Å². The van der Waals surface area contributed by atoms with Gasteiger partial charge in [-0.25, -0.2) is 9.59 Å². The first-order valence-electron chi connectivity index (χ1n) is 9.76. The third-order valence-corrected chi connectivity index (χ3v) is 5.45. The SMILES string of the molecule is CC(C)(C)OC(=O)N1CC[C@]2(CN(C(=O)OCc3ccccc3)C[C@H]2C(=O)O)C1. The van der Waals surface area contributed by atoms with Crippen LogP contribution in [0.15, 0.2) is 30.3 Å². The first-order chi connectivity index (χ1) is 13.6. The number of nitrogens with zero attached hydrogens (tertiary/aromatic N) is 2. The molecule has 2 saturated heterocycles. The number of likely N-dealkylation sites (tertiary alicyclic amines) is 2. The molecule has 158 valence electrons. The largest absolute Gasteiger partial charge is 0.481 e. The molecule has 1 aromatic carbocycles. The van der Waals surface area contributed by atoms with Crippen LogP contribution < -0.4 is 0 Å². The van der Waals surface area contributed by atoms with Gasteiger partial charge >= 0.3 is 18.2 Å². The predicted molar refractivity (Wildman–Crippen MR) is 104 cm³/mol. The van der Waals surface area contributed by atoms with Gasteiger partial charge in [-0.2, -0.15) is 0 Å². The number of hydrogen-bond acceptors (Lipinski definition) is 5. The summed E-state index contributed by atoms with van der Waals surface area (Å²) in [6.45, 7) is 6.48. The lowest BCUT2D eigenvalue weighted by molar-refractivity contribution is -0.144. The van der Waals surface area contributed by atoms with Gasteiger partial charge in [0.2, 0.25) is 0 Å². The molecule has 8 heteroatoms. The Bertz CT molecular complexity index is 775. The molecular formula is C21H28N2O6. The molecule has 1 N–H and O–H groups in total. The molecule has 2 aliphatic rings. The number of aliphatic carboxylic acids is 1. The van der Waals surface area contributed by atoms with E-state index in [1.807, 2.05) is 30.3 Å². The summed E-state index contributed by atoms with van der Waals surface area (Å²) in [4.78, 5) is 39.8. The Hall–Kier alpha value is -2.77. The lowest BCUT2D eigenvalue weighted by Crippen LogP contribution is -2.41. The van der Waals surface area contributed by atoms with Crippen molar-refractivity contribution in [3.8, 4) is 0 Å². The van der Waals surface area contributed by atoms with Crippen molar-refractivity contribution in [2.45, 2.75) is 39.4 Å². The molecule has 2 heterocycles. The van der Waals surface area contributed by atoms with E-state index >= 15 is 0 Å². The van der Waals surface area contributed by atoms with Crippen LogP contribution in [-0.2, 0) is 20.9 Å². The highest BCUT2D eigenvalue weighted by atomic mass is 16.6. The molecule has 1 spiro atoms. The van der Waals surface area contributed by atoms with E-state index < -0.39 is 35.1 Å². The average Bonchev–Trinajstić information content (AvgIpc) is 3.24. The Balaban J connectivity index is 1.65.